The van der Waals surface area contributed by atoms with E-state index in [2.05, 4.69) is 25.5 Å². The van der Waals surface area contributed by atoms with Crippen molar-refractivity contribution >= 4 is 33.4 Å². The lowest BCUT2D eigenvalue weighted by molar-refractivity contribution is -0.116. The van der Waals surface area contributed by atoms with E-state index in [9.17, 15) is 4.79 Å². The molecule has 0 saturated carbocycles. The van der Waals surface area contributed by atoms with Gasteiger partial charge in [-0.2, -0.15) is 0 Å². The largest absolute Gasteiger partial charge is 0.313 e. The summed E-state index contributed by atoms with van der Waals surface area (Å²) in [5.74, 6) is 0.474. The zero-order valence-electron chi connectivity index (χ0n) is 13.4. The standard InChI is InChI=1S/C17H14N6OS/c1-11-21-22-17(25-11)20-15(24)10-23-14-8-3-2-6-12(14)19-16(23)13-7-4-5-9-18-13/h2-9H,10H2,1H3,(H,20,22,24). The highest BCUT2D eigenvalue weighted by atomic mass is 32.1. The van der Waals surface area contributed by atoms with Crippen molar-refractivity contribution in [2.24, 2.45) is 0 Å². The number of carbonyl (C=O) groups excluding carboxylic acids is 1. The van der Waals surface area contributed by atoms with Crippen LogP contribution in [-0.2, 0) is 11.3 Å². The van der Waals surface area contributed by atoms with Crippen molar-refractivity contribution in [2.45, 2.75) is 13.5 Å². The molecule has 124 valence electrons. The molecule has 0 spiro atoms. The van der Waals surface area contributed by atoms with Gasteiger partial charge in [0.2, 0.25) is 11.0 Å². The summed E-state index contributed by atoms with van der Waals surface area (Å²) in [6, 6.07) is 13.3. The minimum atomic E-state index is -0.184. The van der Waals surface area contributed by atoms with Crippen molar-refractivity contribution in [1.82, 2.24) is 24.7 Å². The van der Waals surface area contributed by atoms with Gasteiger partial charge in [0.15, 0.2) is 5.82 Å². The molecule has 0 unspecified atom stereocenters. The molecule has 0 bridgehead atoms. The van der Waals surface area contributed by atoms with E-state index in [1.165, 1.54) is 11.3 Å². The molecule has 1 N–H and O–H groups in total. The summed E-state index contributed by atoms with van der Waals surface area (Å²) in [4.78, 5) is 21.5. The molecule has 1 amide bonds. The number of nitrogens with one attached hydrogen (secondary N) is 1. The number of imidazole rings is 1. The van der Waals surface area contributed by atoms with Crippen LogP contribution >= 0.6 is 11.3 Å². The fraction of sp³-hybridized carbons (Fsp3) is 0.118. The second kappa shape index (κ2) is 6.40. The molecule has 8 heteroatoms. The van der Waals surface area contributed by atoms with Gasteiger partial charge >= 0.3 is 0 Å². The fourth-order valence-electron chi connectivity index (χ4n) is 2.58. The fourth-order valence-corrected chi connectivity index (χ4v) is 3.18. The van der Waals surface area contributed by atoms with Crippen molar-refractivity contribution in [3.8, 4) is 11.5 Å². The molecule has 0 aliphatic carbocycles. The molecule has 0 radical (unpaired) electrons. The van der Waals surface area contributed by atoms with E-state index in [-0.39, 0.29) is 12.5 Å². The number of amides is 1. The van der Waals surface area contributed by atoms with Gasteiger partial charge in [-0.05, 0) is 31.2 Å². The van der Waals surface area contributed by atoms with Crippen molar-refractivity contribution in [3.05, 3.63) is 53.7 Å². The number of hydrogen-bond donors (Lipinski definition) is 1. The van der Waals surface area contributed by atoms with Crippen molar-refractivity contribution in [3.63, 3.8) is 0 Å². The van der Waals surface area contributed by atoms with E-state index in [1.807, 2.05) is 54.0 Å². The molecule has 4 rings (SSSR count). The molecule has 1 aromatic carbocycles. The quantitative estimate of drug-likeness (QED) is 0.612. The Morgan fingerprint density at radius 2 is 2.00 bits per heavy atom. The van der Waals surface area contributed by atoms with E-state index < -0.39 is 0 Å². The zero-order valence-corrected chi connectivity index (χ0v) is 14.2. The van der Waals surface area contributed by atoms with Gasteiger partial charge in [0.25, 0.3) is 0 Å². The molecule has 0 aliphatic rings. The van der Waals surface area contributed by atoms with Crippen molar-refractivity contribution in [1.29, 1.82) is 0 Å². The number of aromatic nitrogens is 5. The van der Waals surface area contributed by atoms with E-state index >= 15 is 0 Å². The second-order valence-corrected chi connectivity index (χ2v) is 6.58. The number of benzene rings is 1. The highest BCUT2D eigenvalue weighted by Crippen LogP contribution is 2.23. The van der Waals surface area contributed by atoms with Crippen LogP contribution in [0.5, 0.6) is 0 Å². The Morgan fingerprint density at radius 3 is 2.76 bits per heavy atom. The molecule has 0 atom stereocenters. The van der Waals surface area contributed by atoms with Gasteiger partial charge in [-0.15, -0.1) is 10.2 Å². The van der Waals surface area contributed by atoms with Gasteiger partial charge in [0.05, 0.1) is 11.0 Å². The maximum Gasteiger partial charge on any atom is 0.246 e. The Balaban J connectivity index is 1.71. The Hall–Kier alpha value is -3.13. The Labute approximate surface area is 147 Å². The van der Waals surface area contributed by atoms with Crippen LogP contribution in [-0.4, -0.2) is 30.6 Å². The number of carbonyl (C=O) groups is 1. The summed E-state index contributed by atoms with van der Waals surface area (Å²) >= 11 is 1.34. The van der Waals surface area contributed by atoms with E-state index in [1.54, 1.807) is 6.20 Å². The number of anilines is 1. The zero-order chi connectivity index (χ0) is 17.2. The number of hydrogen-bond acceptors (Lipinski definition) is 6. The normalized spacial score (nSPS) is 10.9. The lowest BCUT2D eigenvalue weighted by Gasteiger charge is -2.08. The maximum atomic E-state index is 12.5. The number of pyridine rings is 1. The van der Waals surface area contributed by atoms with Crippen LogP contribution in [0.2, 0.25) is 0 Å². The minimum absolute atomic E-state index is 0.116. The van der Waals surface area contributed by atoms with E-state index in [0.717, 1.165) is 21.7 Å². The molecule has 3 heterocycles. The van der Waals surface area contributed by atoms with Crippen LogP contribution in [0.3, 0.4) is 0 Å². The average Bonchev–Trinajstić information content (AvgIpc) is 3.19. The average molecular weight is 350 g/mol. The first-order chi connectivity index (χ1) is 12.2. The summed E-state index contributed by atoms with van der Waals surface area (Å²) in [5, 5.41) is 11.9. The third kappa shape index (κ3) is 3.11. The first-order valence-corrected chi connectivity index (χ1v) is 8.49. The van der Waals surface area contributed by atoms with Crippen LogP contribution in [0, 0.1) is 6.92 Å². The molecule has 7 nitrogen and oxygen atoms in total. The topological polar surface area (TPSA) is 85.6 Å². The molecule has 0 fully saturated rings. The smallest absolute Gasteiger partial charge is 0.246 e. The number of aryl methyl sites for hydroxylation is 1. The molecule has 3 aromatic heterocycles. The second-order valence-electron chi connectivity index (χ2n) is 5.40. The third-order valence-corrected chi connectivity index (χ3v) is 4.38. The molecule has 0 aliphatic heterocycles. The van der Waals surface area contributed by atoms with Gasteiger partial charge in [-0.1, -0.05) is 29.5 Å². The Kier molecular flexibility index (Phi) is 3.95. The molecular weight excluding hydrogens is 336 g/mol. The lowest BCUT2D eigenvalue weighted by Crippen LogP contribution is -2.19. The molecule has 0 saturated heterocycles. The van der Waals surface area contributed by atoms with Crippen molar-refractivity contribution < 1.29 is 4.79 Å². The summed E-state index contributed by atoms with van der Waals surface area (Å²) < 4.78 is 1.86. The minimum Gasteiger partial charge on any atom is -0.313 e. The van der Waals surface area contributed by atoms with E-state index in [0.29, 0.717) is 11.0 Å². The molecular formula is C17H14N6OS. The summed E-state index contributed by atoms with van der Waals surface area (Å²) in [5.41, 5.74) is 2.42. The van der Waals surface area contributed by atoms with Crippen LogP contribution in [0.4, 0.5) is 5.13 Å². The van der Waals surface area contributed by atoms with Gasteiger partial charge in [0.1, 0.15) is 17.2 Å². The predicted octanol–water partition coefficient (Wildman–Crippen LogP) is 2.90. The summed E-state index contributed by atoms with van der Waals surface area (Å²) in [7, 11) is 0. The highest BCUT2D eigenvalue weighted by Gasteiger charge is 2.16. The third-order valence-electron chi connectivity index (χ3n) is 3.62. The number of para-hydroxylation sites is 2. The highest BCUT2D eigenvalue weighted by molar-refractivity contribution is 7.15. The first-order valence-electron chi connectivity index (χ1n) is 7.67. The number of nitrogens with zero attached hydrogens (tertiary/aromatic N) is 5. The van der Waals surface area contributed by atoms with Crippen LogP contribution < -0.4 is 5.32 Å². The molecule has 25 heavy (non-hydrogen) atoms. The van der Waals surface area contributed by atoms with Gasteiger partial charge in [0, 0.05) is 6.20 Å². The maximum absolute atomic E-state index is 12.5. The van der Waals surface area contributed by atoms with Gasteiger partial charge in [-0.25, -0.2) is 4.98 Å². The number of fused-ring (bicyclic) bond motifs is 1. The number of rotatable bonds is 4. The Bertz CT molecular complexity index is 1040. The lowest BCUT2D eigenvalue weighted by atomic mass is 10.3. The van der Waals surface area contributed by atoms with Crippen molar-refractivity contribution in [2.75, 3.05) is 5.32 Å². The molecule has 4 aromatic rings. The summed E-state index contributed by atoms with van der Waals surface area (Å²) in [6.07, 6.45) is 1.71. The van der Waals surface area contributed by atoms with Crippen LogP contribution in [0.1, 0.15) is 5.01 Å². The van der Waals surface area contributed by atoms with Gasteiger partial charge in [-0.3, -0.25) is 15.1 Å². The van der Waals surface area contributed by atoms with Gasteiger partial charge < -0.3 is 4.57 Å². The first kappa shape index (κ1) is 15.4. The monoisotopic (exact) mass is 350 g/mol. The Morgan fingerprint density at radius 1 is 1.16 bits per heavy atom. The SMILES string of the molecule is Cc1nnc(NC(=O)Cn2c(-c3ccccn3)nc3ccccc32)s1. The van der Waals surface area contributed by atoms with E-state index in [4.69, 9.17) is 0 Å². The predicted molar refractivity (Wildman–Crippen MR) is 96.2 cm³/mol. The van der Waals surface area contributed by atoms with Crippen LogP contribution in [0.15, 0.2) is 48.7 Å². The summed E-state index contributed by atoms with van der Waals surface area (Å²) in [6.45, 7) is 1.96. The van der Waals surface area contributed by atoms with Crippen LogP contribution in [0.25, 0.3) is 22.6 Å².